The first kappa shape index (κ1) is 20.1. The summed E-state index contributed by atoms with van der Waals surface area (Å²) in [4.78, 5) is 28.9. The Labute approximate surface area is 177 Å². The summed E-state index contributed by atoms with van der Waals surface area (Å²) >= 11 is 0. The lowest BCUT2D eigenvalue weighted by Gasteiger charge is -2.07. The number of amides is 1. The smallest absolute Gasteiger partial charge is 0.339 e. The Morgan fingerprint density at radius 1 is 1.06 bits per heavy atom. The molecule has 2 aromatic heterocycles. The fraction of sp³-hybridized carbons (Fsp3) is 0.130. The van der Waals surface area contributed by atoms with Gasteiger partial charge in [-0.25, -0.2) is 9.78 Å². The van der Waals surface area contributed by atoms with Crippen LogP contribution in [0.5, 0.6) is 0 Å². The highest BCUT2D eigenvalue weighted by molar-refractivity contribution is 5.98. The Hall–Kier alpha value is -4.20. The second-order valence-electron chi connectivity index (χ2n) is 6.89. The van der Waals surface area contributed by atoms with E-state index in [2.05, 4.69) is 15.5 Å². The molecule has 0 atom stereocenters. The summed E-state index contributed by atoms with van der Waals surface area (Å²) in [5.74, 6) is 0.472. The molecule has 0 aliphatic heterocycles. The fourth-order valence-corrected chi connectivity index (χ4v) is 2.91. The highest BCUT2D eigenvalue weighted by atomic mass is 16.5. The van der Waals surface area contributed by atoms with Crippen molar-refractivity contribution in [2.24, 2.45) is 0 Å². The number of benzene rings is 2. The Balaban J connectivity index is 1.47. The van der Waals surface area contributed by atoms with E-state index < -0.39 is 18.5 Å². The lowest BCUT2D eigenvalue weighted by molar-refractivity contribution is -0.119. The van der Waals surface area contributed by atoms with Gasteiger partial charge in [0.25, 0.3) is 5.91 Å². The molecule has 31 heavy (non-hydrogen) atoms. The van der Waals surface area contributed by atoms with Crippen LogP contribution >= 0.6 is 0 Å². The minimum atomic E-state index is -0.669. The molecule has 8 nitrogen and oxygen atoms in total. The van der Waals surface area contributed by atoms with Gasteiger partial charge in [-0.1, -0.05) is 47.1 Å². The molecular formula is C23H19N3O5. The first-order chi connectivity index (χ1) is 15.0. The van der Waals surface area contributed by atoms with Crippen molar-refractivity contribution in [3.05, 3.63) is 77.7 Å². The van der Waals surface area contributed by atoms with Gasteiger partial charge in [0.15, 0.2) is 18.2 Å². The van der Waals surface area contributed by atoms with Crippen molar-refractivity contribution in [3.63, 3.8) is 0 Å². The van der Waals surface area contributed by atoms with Crippen molar-refractivity contribution < 1.29 is 23.3 Å². The van der Waals surface area contributed by atoms with Crippen LogP contribution < -0.4 is 5.32 Å². The molecule has 4 rings (SSSR count). The molecule has 156 valence electrons. The average molecular weight is 417 g/mol. The third kappa shape index (κ3) is 4.69. The second kappa shape index (κ2) is 8.66. The molecule has 0 bridgehead atoms. The highest BCUT2D eigenvalue weighted by Gasteiger charge is 2.19. The molecule has 0 unspecified atom stereocenters. The van der Waals surface area contributed by atoms with Gasteiger partial charge >= 0.3 is 5.97 Å². The Morgan fingerprint density at radius 3 is 2.58 bits per heavy atom. The zero-order valence-electron chi connectivity index (χ0n) is 16.9. The maximum absolute atomic E-state index is 12.6. The number of aromatic nitrogens is 2. The largest absolute Gasteiger partial charge is 0.452 e. The topological polar surface area (TPSA) is 107 Å². The van der Waals surface area contributed by atoms with E-state index in [0.29, 0.717) is 17.1 Å². The predicted octanol–water partition coefficient (Wildman–Crippen LogP) is 4.41. The second-order valence-corrected chi connectivity index (χ2v) is 6.89. The molecule has 0 saturated heterocycles. The van der Waals surface area contributed by atoms with Crippen molar-refractivity contribution in [2.75, 3.05) is 11.9 Å². The number of hydrogen-bond donors (Lipinski definition) is 1. The van der Waals surface area contributed by atoms with Gasteiger partial charge in [-0.05, 0) is 26.0 Å². The number of nitrogens with one attached hydrogen (secondary N) is 1. The van der Waals surface area contributed by atoms with E-state index in [-0.39, 0.29) is 17.3 Å². The summed E-state index contributed by atoms with van der Waals surface area (Å²) < 4.78 is 15.9. The van der Waals surface area contributed by atoms with Gasteiger partial charge < -0.3 is 19.0 Å². The maximum Gasteiger partial charge on any atom is 0.339 e. The van der Waals surface area contributed by atoms with Crippen LogP contribution in [-0.2, 0) is 9.53 Å². The van der Waals surface area contributed by atoms with Crippen LogP contribution in [0.2, 0.25) is 0 Å². The number of nitrogens with zero attached hydrogens (tertiary/aromatic N) is 2. The van der Waals surface area contributed by atoms with Crippen molar-refractivity contribution in [3.8, 4) is 22.8 Å². The summed E-state index contributed by atoms with van der Waals surface area (Å²) in [5, 5.41) is 6.15. The Bertz CT molecular complexity index is 1220. The summed E-state index contributed by atoms with van der Waals surface area (Å²) in [6, 6.07) is 16.2. The van der Waals surface area contributed by atoms with Crippen LogP contribution in [0.15, 0.2) is 69.7 Å². The Morgan fingerprint density at radius 2 is 1.84 bits per heavy atom. The molecule has 8 heteroatoms. The molecule has 0 spiro atoms. The first-order valence-corrected chi connectivity index (χ1v) is 9.52. The molecule has 4 aromatic rings. The number of oxazole rings is 1. The number of rotatable bonds is 6. The van der Waals surface area contributed by atoms with Gasteiger partial charge in [0.2, 0.25) is 5.89 Å². The standard InChI is InChI=1S/C23H19N3O5/c1-14-7-9-16(10-8-14)19-12-24-22(30-19)17-5-3-4-6-18(17)23(28)29-13-21(27)25-20-11-15(2)31-26-20/h3-12H,13H2,1-2H3,(H,25,26,27). The minimum Gasteiger partial charge on any atom is -0.452 e. The van der Waals surface area contributed by atoms with Gasteiger partial charge in [0, 0.05) is 11.6 Å². The van der Waals surface area contributed by atoms with E-state index in [1.807, 2.05) is 31.2 Å². The highest BCUT2D eigenvalue weighted by Crippen LogP contribution is 2.28. The molecule has 1 amide bonds. The number of ether oxygens (including phenoxy) is 1. The zero-order chi connectivity index (χ0) is 21.8. The summed E-state index contributed by atoms with van der Waals surface area (Å²) in [5.41, 5.74) is 2.73. The van der Waals surface area contributed by atoms with E-state index in [9.17, 15) is 9.59 Å². The van der Waals surface area contributed by atoms with E-state index >= 15 is 0 Å². The van der Waals surface area contributed by atoms with E-state index in [1.165, 1.54) is 0 Å². The molecule has 2 aromatic carbocycles. The van der Waals surface area contributed by atoms with Crippen molar-refractivity contribution >= 4 is 17.7 Å². The molecule has 0 fully saturated rings. The quantitative estimate of drug-likeness (QED) is 0.463. The van der Waals surface area contributed by atoms with E-state index in [1.54, 1.807) is 43.5 Å². The van der Waals surface area contributed by atoms with Gasteiger partial charge in [-0.15, -0.1) is 0 Å². The average Bonchev–Trinajstić information content (AvgIpc) is 3.42. The van der Waals surface area contributed by atoms with Crippen LogP contribution in [0.4, 0.5) is 5.82 Å². The number of esters is 1. The number of carbonyl (C=O) groups is 2. The van der Waals surface area contributed by atoms with Crippen molar-refractivity contribution in [1.29, 1.82) is 0 Å². The third-order valence-electron chi connectivity index (χ3n) is 4.45. The van der Waals surface area contributed by atoms with Gasteiger partial charge in [0.05, 0.1) is 17.3 Å². The summed E-state index contributed by atoms with van der Waals surface area (Å²) in [7, 11) is 0. The number of aryl methyl sites for hydroxylation is 2. The van der Waals surface area contributed by atoms with E-state index in [4.69, 9.17) is 13.7 Å². The van der Waals surface area contributed by atoms with Crippen LogP contribution in [-0.4, -0.2) is 28.6 Å². The summed E-state index contributed by atoms with van der Waals surface area (Å²) in [6.07, 6.45) is 1.61. The lowest BCUT2D eigenvalue weighted by Crippen LogP contribution is -2.21. The lowest BCUT2D eigenvalue weighted by atomic mass is 10.1. The number of anilines is 1. The third-order valence-corrected chi connectivity index (χ3v) is 4.45. The van der Waals surface area contributed by atoms with E-state index in [0.717, 1.165) is 11.1 Å². The first-order valence-electron chi connectivity index (χ1n) is 9.52. The van der Waals surface area contributed by atoms with Gasteiger partial charge in [-0.3, -0.25) is 4.79 Å². The molecule has 0 aliphatic rings. The fourth-order valence-electron chi connectivity index (χ4n) is 2.91. The molecule has 0 radical (unpaired) electrons. The molecular weight excluding hydrogens is 398 g/mol. The zero-order valence-corrected chi connectivity index (χ0v) is 16.9. The van der Waals surface area contributed by atoms with Crippen LogP contribution in [0.1, 0.15) is 21.7 Å². The van der Waals surface area contributed by atoms with Crippen molar-refractivity contribution in [1.82, 2.24) is 10.1 Å². The molecule has 2 heterocycles. The monoisotopic (exact) mass is 417 g/mol. The normalized spacial score (nSPS) is 10.6. The van der Waals surface area contributed by atoms with Crippen LogP contribution in [0.3, 0.4) is 0 Å². The Kier molecular flexibility index (Phi) is 5.61. The maximum atomic E-state index is 12.6. The van der Waals surface area contributed by atoms with Crippen LogP contribution in [0.25, 0.3) is 22.8 Å². The predicted molar refractivity (Wildman–Crippen MR) is 112 cm³/mol. The number of hydrogen-bond acceptors (Lipinski definition) is 7. The molecule has 0 aliphatic carbocycles. The minimum absolute atomic E-state index is 0.241. The molecule has 0 saturated carbocycles. The van der Waals surface area contributed by atoms with Crippen LogP contribution in [0, 0.1) is 13.8 Å². The molecule has 1 N–H and O–H groups in total. The van der Waals surface area contributed by atoms with Gasteiger partial charge in [0.1, 0.15) is 5.76 Å². The summed E-state index contributed by atoms with van der Waals surface area (Å²) in [6.45, 7) is 3.23. The number of carbonyl (C=O) groups excluding carboxylic acids is 2. The van der Waals surface area contributed by atoms with Gasteiger partial charge in [-0.2, -0.15) is 0 Å². The SMILES string of the molecule is Cc1ccc(-c2cnc(-c3ccccc3C(=O)OCC(=O)Nc3cc(C)on3)o2)cc1. The van der Waals surface area contributed by atoms with Crippen molar-refractivity contribution in [2.45, 2.75) is 13.8 Å².